The maximum Gasteiger partial charge on any atom is 0.318 e. The standard InChI is InChI=1S/C34H41FN8O2S/c1-20-16-44-21(2)15-43(20)18-33(10-11-33)19-45-32-40-27-12-26(22-6-7-25(35)29-28(22)23(13-36)30(37)46-29)38-14-24(27)31(41-32)39-17-34(42(3)4)8-5-9-34/h6-7,12,14,20-21H,5,8-11,15-19,37H2,1-4H3,(H,39,40,41)/t20-,21+/m0/s1. The molecule has 0 unspecified atom stereocenters. The van der Waals surface area contributed by atoms with Gasteiger partial charge in [-0.25, -0.2) is 4.39 Å². The molecule has 1 aliphatic heterocycles. The lowest BCUT2D eigenvalue weighted by Crippen LogP contribution is -2.54. The van der Waals surface area contributed by atoms with Crippen molar-refractivity contribution in [2.24, 2.45) is 5.41 Å². The fourth-order valence-electron chi connectivity index (χ4n) is 6.84. The number of thiophene rings is 1. The monoisotopic (exact) mass is 644 g/mol. The number of morpholine rings is 1. The molecule has 242 valence electrons. The molecule has 2 saturated carbocycles. The second-order valence-electron chi connectivity index (χ2n) is 13.7. The van der Waals surface area contributed by atoms with Crippen LogP contribution >= 0.6 is 11.3 Å². The van der Waals surface area contributed by atoms with Gasteiger partial charge in [-0.2, -0.15) is 15.2 Å². The Hall–Kier alpha value is -3.63. The van der Waals surface area contributed by atoms with E-state index in [0.29, 0.717) is 51.3 Å². The van der Waals surface area contributed by atoms with Gasteiger partial charge in [0.2, 0.25) is 0 Å². The number of nitrogens with zero attached hydrogens (tertiary/aromatic N) is 6. The molecule has 7 rings (SSSR count). The van der Waals surface area contributed by atoms with Gasteiger partial charge in [0.1, 0.15) is 22.7 Å². The minimum atomic E-state index is -0.414. The molecule has 3 fully saturated rings. The van der Waals surface area contributed by atoms with E-state index in [-0.39, 0.29) is 27.6 Å². The van der Waals surface area contributed by atoms with Crippen LogP contribution in [-0.4, -0.2) is 89.4 Å². The molecule has 46 heavy (non-hydrogen) atoms. The smallest absolute Gasteiger partial charge is 0.318 e. The summed E-state index contributed by atoms with van der Waals surface area (Å²) < 4.78 is 27.4. The predicted octanol–water partition coefficient (Wildman–Crippen LogP) is 5.66. The number of hydrogen-bond donors (Lipinski definition) is 2. The maximum absolute atomic E-state index is 14.8. The van der Waals surface area contributed by atoms with Gasteiger partial charge < -0.3 is 25.4 Å². The van der Waals surface area contributed by atoms with Gasteiger partial charge in [-0.1, -0.05) is 0 Å². The average Bonchev–Trinajstić information content (AvgIpc) is 3.69. The quantitative estimate of drug-likeness (QED) is 0.223. The van der Waals surface area contributed by atoms with Gasteiger partial charge in [0.25, 0.3) is 0 Å². The summed E-state index contributed by atoms with van der Waals surface area (Å²) in [6.07, 6.45) is 7.63. The highest BCUT2D eigenvalue weighted by molar-refractivity contribution is 7.23. The van der Waals surface area contributed by atoms with E-state index < -0.39 is 5.82 Å². The van der Waals surface area contributed by atoms with Gasteiger partial charge >= 0.3 is 6.01 Å². The first-order valence-electron chi connectivity index (χ1n) is 16.1. The molecule has 0 spiro atoms. The van der Waals surface area contributed by atoms with Crippen molar-refractivity contribution in [2.45, 2.75) is 63.6 Å². The number of aromatic nitrogens is 3. The van der Waals surface area contributed by atoms with Crippen molar-refractivity contribution in [2.75, 3.05) is 58.0 Å². The summed E-state index contributed by atoms with van der Waals surface area (Å²) in [5.41, 5.74) is 8.38. The lowest BCUT2D eigenvalue weighted by atomic mass is 9.75. The number of likely N-dealkylation sites (N-methyl/N-ethyl adjacent to an activating group) is 1. The molecule has 10 nitrogen and oxygen atoms in total. The number of anilines is 2. The predicted molar refractivity (Wildman–Crippen MR) is 180 cm³/mol. The molecule has 0 amide bonds. The molecule has 0 bridgehead atoms. The largest absolute Gasteiger partial charge is 0.463 e. The van der Waals surface area contributed by atoms with Gasteiger partial charge in [-0.05, 0) is 78.2 Å². The Balaban J connectivity index is 1.23. The van der Waals surface area contributed by atoms with Crippen LogP contribution in [0.15, 0.2) is 24.4 Å². The number of nitrogen functional groups attached to an aromatic ring is 1. The second-order valence-corrected chi connectivity index (χ2v) is 14.8. The zero-order valence-electron chi connectivity index (χ0n) is 26.9. The van der Waals surface area contributed by atoms with E-state index >= 15 is 0 Å². The van der Waals surface area contributed by atoms with Crippen LogP contribution in [0.4, 0.5) is 15.2 Å². The van der Waals surface area contributed by atoms with Gasteiger partial charge in [0.05, 0.1) is 46.2 Å². The third kappa shape index (κ3) is 5.64. The molecule has 3 aromatic heterocycles. The fourth-order valence-corrected chi connectivity index (χ4v) is 7.79. The summed E-state index contributed by atoms with van der Waals surface area (Å²) in [4.78, 5) is 19.3. The highest BCUT2D eigenvalue weighted by Crippen LogP contribution is 2.47. The number of rotatable bonds is 10. The van der Waals surface area contributed by atoms with Crippen LogP contribution in [0.1, 0.15) is 51.5 Å². The van der Waals surface area contributed by atoms with E-state index in [4.69, 9.17) is 30.2 Å². The Morgan fingerprint density at radius 3 is 2.74 bits per heavy atom. The van der Waals surface area contributed by atoms with Crippen LogP contribution < -0.4 is 15.8 Å². The van der Waals surface area contributed by atoms with Crippen molar-refractivity contribution >= 4 is 43.1 Å². The number of benzene rings is 1. The average molecular weight is 645 g/mol. The molecule has 12 heteroatoms. The molecule has 0 radical (unpaired) electrons. The van der Waals surface area contributed by atoms with Crippen molar-refractivity contribution in [1.82, 2.24) is 24.8 Å². The molecule has 2 aliphatic carbocycles. The van der Waals surface area contributed by atoms with Crippen molar-refractivity contribution in [3.8, 4) is 23.3 Å². The maximum atomic E-state index is 14.8. The number of ether oxygens (including phenoxy) is 2. The fraction of sp³-hybridized carbons (Fsp3) is 0.529. The summed E-state index contributed by atoms with van der Waals surface area (Å²) >= 11 is 1.08. The Labute approximate surface area is 272 Å². The third-order valence-corrected chi connectivity index (χ3v) is 11.4. The van der Waals surface area contributed by atoms with E-state index in [1.54, 1.807) is 12.3 Å². The van der Waals surface area contributed by atoms with Gasteiger partial charge in [-0.3, -0.25) is 9.88 Å². The molecule has 4 aromatic rings. The van der Waals surface area contributed by atoms with Crippen molar-refractivity contribution in [3.05, 3.63) is 35.8 Å². The first kappa shape index (κ1) is 31.0. The van der Waals surface area contributed by atoms with E-state index in [1.807, 2.05) is 6.07 Å². The highest BCUT2D eigenvalue weighted by atomic mass is 32.1. The van der Waals surface area contributed by atoms with Crippen LogP contribution in [0.2, 0.25) is 0 Å². The minimum Gasteiger partial charge on any atom is -0.463 e. The first-order chi connectivity index (χ1) is 22.1. The summed E-state index contributed by atoms with van der Waals surface area (Å²) in [7, 11) is 4.26. The van der Waals surface area contributed by atoms with E-state index in [1.165, 1.54) is 12.5 Å². The molecular formula is C34H41FN8O2S. The minimum absolute atomic E-state index is 0.0714. The third-order valence-electron chi connectivity index (χ3n) is 10.3. The molecule has 3 N–H and O–H groups in total. The molecule has 2 atom stereocenters. The van der Waals surface area contributed by atoms with Crippen molar-refractivity contribution in [1.29, 1.82) is 5.26 Å². The van der Waals surface area contributed by atoms with Crippen LogP contribution in [0, 0.1) is 22.6 Å². The Morgan fingerprint density at radius 2 is 2.04 bits per heavy atom. The number of pyridine rings is 1. The van der Waals surface area contributed by atoms with Gasteiger partial charge in [0.15, 0.2) is 0 Å². The lowest BCUT2D eigenvalue weighted by Gasteiger charge is -2.47. The molecular weight excluding hydrogens is 603 g/mol. The lowest BCUT2D eigenvalue weighted by molar-refractivity contribution is -0.0580. The van der Waals surface area contributed by atoms with Gasteiger partial charge in [0, 0.05) is 53.8 Å². The molecule has 4 heterocycles. The van der Waals surface area contributed by atoms with Gasteiger partial charge in [-0.15, -0.1) is 11.3 Å². The molecule has 1 aromatic carbocycles. The number of nitrogens with one attached hydrogen (secondary N) is 1. The number of halogens is 1. The second kappa shape index (κ2) is 11.9. The number of nitriles is 1. The van der Waals surface area contributed by atoms with Crippen molar-refractivity contribution < 1.29 is 13.9 Å². The number of hydrogen-bond acceptors (Lipinski definition) is 11. The molecule has 3 aliphatic rings. The zero-order valence-corrected chi connectivity index (χ0v) is 27.7. The Morgan fingerprint density at radius 1 is 1.24 bits per heavy atom. The van der Waals surface area contributed by atoms with E-state index in [0.717, 1.165) is 68.6 Å². The summed E-state index contributed by atoms with van der Waals surface area (Å²) in [6.45, 7) is 8.26. The molecule has 1 saturated heterocycles. The Bertz CT molecular complexity index is 1830. The van der Waals surface area contributed by atoms with Crippen molar-refractivity contribution in [3.63, 3.8) is 0 Å². The van der Waals surface area contributed by atoms with Crippen LogP contribution in [-0.2, 0) is 4.74 Å². The normalized spacial score (nSPS) is 22.1. The summed E-state index contributed by atoms with van der Waals surface area (Å²) in [6, 6.07) is 7.76. The van der Waals surface area contributed by atoms with E-state index in [2.05, 4.69) is 49.1 Å². The first-order valence-corrected chi connectivity index (χ1v) is 16.9. The van der Waals surface area contributed by atoms with Crippen LogP contribution in [0.25, 0.3) is 32.2 Å². The van der Waals surface area contributed by atoms with E-state index in [9.17, 15) is 9.65 Å². The Kier molecular flexibility index (Phi) is 8.00. The van der Waals surface area contributed by atoms with Crippen LogP contribution in [0.3, 0.4) is 0 Å². The SMILES string of the molecule is C[C@@H]1CN(CC2(COc3nc(NCC4(N(C)C)CCC4)c4cnc(-c5ccc(F)c6sc(N)c(C#N)c56)cc4n3)CC2)[C@@H](C)CO1. The summed E-state index contributed by atoms with van der Waals surface area (Å²) in [5.74, 6) is 0.261. The number of fused-ring (bicyclic) bond motifs is 2. The number of nitrogens with two attached hydrogens (primary N) is 1. The topological polar surface area (TPSA) is 125 Å². The zero-order chi connectivity index (χ0) is 32.2. The van der Waals surface area contributed by atoms with Crippen LogP contribution in [0.5, 0.6) is 6.01 Å². The summed E-state index contributed by atoms with van der Waals surface area (Å²) in [5, 5.41) is 15.0. The highest BCUT2D eigenvalue weighted by Gasteiger charge is 2.46.